The minimum absolute atomic E-state index is 0.0101. The molecule has 4 heterocycles. The summed E-state index contributed by atoms with van der Waals surface area (Å²) >= 11 is 6.03. The molecule has 6 rings (SSSR count). The highest BCUT2D eigenvalue weighted by Gasteiger charge is 2.54. The van der Waals surface area contributed by atoms with Crippen LogP contribution in [0.25, 0.3) is 11.2 Å². The van der Waals surface area contributed by atoms with E-state index in [0.29, 0.717) is 0 Å². The average molecular weight is 616 g/mol. The number of terminal acetylenes is 1. The van der Waals surface area contributed by atoms with Crippen LogP contribution >= 0.6 is 11.6 Å². The molecule has 2 saturated carbocycles. The number of rotatable bonds is 7. The molecular formula is C28H30ClN5O9. The van der Waals surface area contributed by atoms with Gasteiger partial charge in [0.05, 0.1) is 12.2 Å². The Labute approximate surface area is 250 Å². The van der Waals surface area contributed by atoms with E-state index in [0.717, 1.165) is 25.7 Å². The first-order chi connectivity index (χ1) is 20.6. The molecule has 1 aliphatic heterocycles. The number of nitrogen functional groups attached to an aromatic ring is 1. The van der Waals surface area contributed by atoms with Crippen molar-refractivity contribution in [3.05, 3.63) is 33.7 Å². The third kappa shape index (κ3) is 5.54. The topological polar surface area (TPSA) is 184 Å². The zero-order valence-electron chi connectivity index (χ0n) is 23.4. The number of nitrogens with two attached hydrogens (primary N) is 1. The van der Waals surface area contributed by atoms with Gasteiger partial charge in [-0.05, 0) is 49.6 Å². The second-order valence-electron chi connectivity index (χ2n) is 11.4. The first kappa shape index (κ1) is 29.0. The first-order valence-electron chi connectivity index (χ1n) is 14.0. The lowest BCUT2D eigenvalue weighted by Crippen LogP contribution is -2.48. The highest BCUT2D eigenvalue weighted by atomic mass is 35.5. The Morgan fingerprint density at radius 1 is 1.21 bits per heavy atom. The van der Waals surface area contributed by atoms with Gasteiger partial charge in [-0.15, -0.1) is 6.42 Å². The van der Waals surface area contributed by atoms with Gasteiger partial charge in [-0.1, -0.05) is 25.2 Å². The molecule has 43 heavy (non-hydrogen) atoms. The van der Waals surface area contributed by atoms with Gasteiger partial charge in [-0.3, -0.25) is 9.36 Å². The fourth-order valence-corrected chi connectivity index (χ4v) is 6.58. The lowest BCUT2D eigenvalue weighted by Gasteiger charge is -2.49. The number of nitrogens with zero attached hydrogens (tertiary/aromatic N) is 4. The maximum absolute atomic E-state index is 13.1. The maximum atomic E-state index is 13.1. The fourth-order valence-electron chi connectivity index (χ4n) is 6.41. The molecule has 1 spiro atoms. The number of anilines is 1. The van der Waals surface area contributed by atoms with Gasteiger partial charge in [-0.25, -0.2) is 14.6 Å². The van der Waals surface area contributed by atoms with Gasteiger partial charge in [0.25, 0.3) is 0 Å². The Morgan fingerprint density at radius 2 is 1.98 bits per heavy atom. The third-order valence-electron chi connectivity index (χ3n) is 8.69. The van der Waals surface area contributed by atoms with Gasteiger partial charge >= 0.3 is 17.9 Å². The lowest BCUT2D eigenvalue weighted by atomic mass is 9.56. The second kappa shape index (κ2) is 11.2. The predicted octanol–water partition coefficient (Wildman–Crippen LogP) is 3.83. The molecule has 3 fully saturated rings. The number of carbonyl (C=O) groups is 2. The van der Waals surface area contributed by atoms with E-state index in [2.05, 4.69) is 20.9 Å². The summed E-state index contributed by atoms with van der Waals surface area (Å²) in [5.74, 6) is 1.27. The summed E-state index contributed by atoms with van der Waals surface area (Å²) in [4.78, 5) is 49.5. The van der Waals surface area contributed by atoms with Gasteiger partial charge < -0.3 is 33.5 Å². The summed E-state index contributed by atoms with van der Waals surface area (Å²) in [6, 6.07) is 0. The smallest absolute Gasteiger partial charge is 0.461 e. The van der Waals surface area contributed by atoms with Gasteiger partial charge in [0.2, 0.25) is 10.9 Å². The highest BCUT2D eigenvalue weighted by molar-refractivity contribution is 6.28. The van der Waals surface area contributed by atoms with E-state index >= 15 is 0 Å². The minimum atomic E-state index is -1.68. The SMILES string of the molecule is C#C[C@]1(COC(=O)C2CC3(CCCCC3)C2)O[C@@H](n2cnc3c(N)nc(Cl)nc32)C[C@@H]1OC(=O)OCc1oc(=O)oc1C. The van der Waals surface area contributed by atoms with Crippen LogP contribution in [0.3, 0.4) is 0 Å². The van der Waals surface area contributed by atoms with E-state index in [4.69, 9.17) is 51.5 Å². The van der Waals surface area contributed by atoms with Crippen molar-refractivity contribution in [2.24, 2.45) is 11.3 Å². The Bertz CT molecular complexity index is 1640. The molecule has 0 bridgehead atoms. The van der Waals surface area contributed by atoms with E-state index in [-0.39, 0.29) is 64.1 Å². The van der Waals surface area contributed by atoms with Crippen molar-refractivity contribution < 1.29 is 37.4 Å². The van der Waals surface area contributed by atoms with Crippen molar-refractivity contribution >= 4 is 40.7 Å². The third-order valence-corrected chi connectivity index (χ3v) is 8.86. The number of fused-ring (bicyclic) bond motifs is 1. The number of aromatic nitrogens is 4. The van der Waals surface area contributed by atoms with Crippen molar-refractivity contribution in [3.63, 3.8) is 0 Å². The van der Waals surface area contributed by atoms with Crippen LogP contribution in [0.4, 0.5) is 10.6 Å². The average Bonchev–Trinajstić information content (AvgIpc) is 3.64. The number of carbonyl (C=O) groups excluding carboxylic acids is 2. The monoisotopic (exact) mass is 615 g/mol. The van der Waals surface area contributed by atoms with Crippen molar-refractivity contribution in [3.8, 4) is 12.3 Å². The molecule has 0 unspecified atom stereocenters. The van der Waals surface area contributed by atoms with Gasteiger partial charge in [0, 0.05) is 6.42 Å². The second-order valence-corrected chi connectivity index (χ2v) is 11.7. The summed E-state index contributed by atoms with van der Waals surface area (Å²) in [7, 11) is 0. The van der Waals surface area contributed by atoms with E-state index in [9.17, 15) is 14.4 Å². The van der Waals surface area contributed by atoms with Crippen LogP contribution in [-0.4, -0.2) is 50.0 Å². The molecule has 3 aromatic rings. The van der Waals surface area contributed by atoms with Crippen LogP contribution in [0, 0.1) is 30.6 Å². The first-order valence-corrected chi connectivity index (χ1v) is 14.4. The van der Waals surface area contributed by atoms with E-state index < -0.39 is 36.5 Å². The molecule has 3 aromatic heterocycles. The number of halogens is 1. The molecule has 0 radical (unpaired) electrons. The van der Waals surface area contributed by atoms with Crippen LogP contribution in [0.15, 0.2) is 20.0 Å². The van der Waals surface area contributed by atoms with Crippen LogP contribution in [0.5, 0.6) is 0 Å². The predicted molar refractivity (Wildman–Crippen MR) is 147 cm³/mol. The fraction of sp³-hybridized carbons (Fsp3) is 0.571. The summed E-state index contributed by atoms with van der Waals surface area (Å²) in [6.07, 6.45) is 11.7. The number of hydrogen-bond acceptors (Lipinski definition) is 13. The number of esters is 1. The van der Waals surface area contributed by atoms with Crippen LogP contribution < -0.4 is 11.6 Å². The Balaban J connectivity index is 1.19. The molecule has 3 atom stereocenters. The zero-order valence-corrected chi connectivity index (χ0v) is 24.1. The standard InChI is InChI=1S/C28H30ClN5O9/c1-3-28(13-39-23(35)16-10-27(11-16)7-5-4-6-8-27)18(42-25(36)38-12-17-15(2)40-26(37)41-17)9-19(43-28)34-14-31-20-21(30)32-24(29)33-22(20)34/h1,14,16,18-19H,4-13H2,2H3,(H2,30,32,33)/t18-,19+,28+/m0/s1. The van der Waals surface area contributed by atoms with Crippen LogP contribution in [0.2, 0.25) is 5.28 Å². The normalized spacial score (nSPS) is 24.9. The molecule has 0 aromatic carbocycles. The van der Waals surface area contributed by atoms with E-state index in [1.165, 1.54) is 37.1 Å². The van der Waals surface area contributed by atoms with Gasteiger partial charge in [0.1, 0.15) is 18.4 Å². The molecule has 2 aliphatic carbocycles. The summed E-state index contributed by atoms with van der Waals surface area (Å²) in [5, 5.41) is -0.101. The van der Waals surface area contributed by atoms with E-state index in [1.807, 2.05) is 0 Å². The Hall–Kier alpha value is -4.09. The van der Waals surface area contributed by atoms with Crippen LogP contribution in [-0.2, 0) is 30.3 Å². The quantitative estimate of drug-likeness (QED) is 0.230. The molecular weight excluding hydrogens is 586 g/mol. The Morgan fingerprint density at radius 3 is 2.67 bits per heavy atom. The number of imidazole rings is 1. The summed E-state index contributed by atoms with van der Waals surface area (Å²) < 4.78 is 33.9. The van der Waals surface area contributed by atoms with Crippen LogP contribution in [0.1, 0.15) is 69.1 Å². The highest BCUT2D eigenvalue weighted by Crippen LogP contribution is 2.55. The van der Waals surface area contributed by atoms with Gasteiger partial charge in [-0.2, -0.15) is 9.97 Å². The summed E-state index contributed by atoms with van der Waals surface area (Å²) in [6.45, 7) is 0.689. The van der Waals surface area contributed by atoms with Crippen molar-refractivity contribution in [2.45, 2.75) is 82.8 Å². The van der Waals surface area contributed by atoms with Gasteiger partial charge in [0.15, 0.2) is 35.7 Å². The Kier molecular flexibility index (Phi) is 7.55. The molecule has 15 heteroatoms. The molecule has 2 N–H and O–H groups in total. The summed E-state index contributed by atoms with van der Waals surface area (Å²) in [5.41, 5.74) is 5.06. The number of ether oxygens (including phenoxy) is 4. The molecule has 14 nitrogen and oxygen atoms in total. The number of aryl methyl sites for hydroxylation is 1. The minimum Gasteiger partial charge on any atom is -0.461 e. The zero-order chi connectivity index (χ0) is 30.4. The number of hydrogen-bond donors (Lipinski definition) is 1. The lowest BCUT2D eigenvalue weighted by molar-refractivity contribution is -0.170. The van der Waals surface area contributed by atoms with Crippen molar-refractivity contribution in [2.75, 3.05) is 12.3 Å². The molecule has 228 valence electrons. The van der Waals surface area contributed by atoms with Crippen molar-refractivity contribution in [1.29, 1.82) is 0 Å². The molecule has 3 aliphatic rings. The van der Waals surface area contributed by atoms with E-state index in [1.54, 1.807) is 0 Å². The molecule has 0 amide bonds. The van der Waals surface area contributed by atoms with Crippen molar-refractivity contribution in [1.82, 2.24) is 19.5 Å². The molecule has 1 saturated heterocycles. The maximum Gasteiger partial charge on any atom is 0.519 e. The largest absolute Gasteiger partial charge is 0.519 e.